The van der Waals surface area contributed by atoms with Gasteiger partial charge >= 0.3 is 0 Å². The summed E-state index contributed by atoms with van der Waals surface area (Å²) in [4.78, 5) is 21.7. The van der Waals surface area contributed by atoms with Crippen LogP contribution >= 0.6 is 11.8 Å². The van der Waals surface area contributed by atoms with Crippen molar-refractivity contribution in [3.8, 4) is 0 Å². The number of nitrogens with one attached hydrogen (secondary N) is 1. The van der Waals surface area contributed by atoms with E-state index in [0.717, 1.165) is 43.6 Å². The molecule has 2 heterocycles. The maximum Gasteiger partial charge on any atom is 0.234 e. The van der Waals surface area contributed by atoms with Gasteiger partial charge in [0.1, 0.15) is 0 Å². The molecule has 0 atom stereocenters. The lowest BCUT2D eigenvalue weighted by atomic mass is 10.2. The van der Waals surface area contributed by atoms with Crippen molar-refractivity contribution in [3.63, 3.8) is 0 Å². The Kier molecular flexibility index (Phi) is 6.46. The molecule has 0 unspecified atom stereocenters. The van der Waals surface area contributed by atoms with Gasteiger partial charge in [-0.15, -0.1) is 0 Å². The second-order valence-electron chi connectivity index (χ2n) is 8.48. The monoisotopic (exact) mass is 447 g/mol. The molecule has 7 heteroatoms. The van der Waals surface area contributed by atoms with Gasteiger partial charge in [0.05, 0.1) is 5.75 Å². The summed E-state index contributed by atoms with van der Waals surface area (Å²) in [5.74, 6) is 0.372. The number of amides is 1. The van der Waals surface area contributed by atoms with Gasteiger partial charge in [0.2, 0.25) is 5.91 Å². The predicted octanol–water partition coefficient (Wildman–Crippen LogP) is 4.27. The summed E-state index contributed by atoms with van der Waals surface area (Å²) < 4.78 is 2.19. The fraction of sp³-hybridized carbons (Fsp3) is 0.360. The molecule has 2 fully saturated rings. The summed E-state index contributed by atoms with van der Waals surface area (Å²) >= 11 is 1.50. The summed E-state index contributed by atoms with van der Waals surface area (Å²) in [6.45, 7) is 5.16. The van der Waals surface area contributed by atoms with Gasteiger partial charge in [-0.25, -0.2) is 4.98 Å². The third-order valence-corrected chi connectivity index (χ3v) is 7.02. The van der Waals surface area contributed by atoms with Gasteiger partial charge < -0.3 is 14.8 Å². The van der Waals surface area contributed by atoms with E-state index < -0.39 is 0 Å². The van der Waals surface area contributed by atoms with E-state index in [0.29, 0.717) is 11.8 Å². The van der Waals surface area contributed by atoms with Crippen LogP contribution in [0, 0.1) is 0 Å². The van der Waals surface area contributed by atoms with Gasteiger partial charge in [-0.3, -0.25) is 9.69 Å². The van der Waals surface area contributed by atoms with Crippen LogP contribution in [0.2, 0.25) is 0 Å². The van der Waals surface area contributed by atoms with Crippen LogP contribution in [0.15, 0.2) is 72.1 Å². The molecular formula is C25H29N5OS. The number of hydrogen-bond donors (Lipinski definition) is 1. The summed E-state index contributed by atoms with van der Waals surface area (Å²) in [5.41, 5.74) is 3.42. The average molecular weight is 448 g/mol. The van der Waals surface area contributed by atoms with Crippen molar-refractivity contribution in [1.82, 2.24) is 14.5 Å². The van der Waals surface area contributed by atoms with E-state index in [2.05, 4.69) is 67.1 Å². The molecule has 5 rings (SSSR count). The molecule has 166 valence electrons. The molecule has 2 aliphatic rings. The number of hydrogen-bond acceptors (Lipinski definition) is 5. The molecule has 1 aliphatic heterocycles. The number of carbonyl (C=O) groups excluding carboxylic acids is 1. The highest BCUT2D eigenvalue weighted by Gasteiger charge is 2.25. The Labute approximate surface area is 193 Å². The van der Waals surface area contributed by atoms with Crippen LogP contribution in [0.4, 0.5) is 11.4 Å². The smallest absolute Gasteiger partial charge is 0.234 e. The van der Waals surface area contributed by atoms with Crippen molar-refractivity contribution in [1.29, 1.82) is 0 Å². The molecule has 1 saturated carbocycles. The zero-order valence-electron chi connectivity index (χ0n) is 18.2. The number of rotatable bonds is 8. The van der Waals surface area contributed by atoms with E-state index in [9.17, 15) is 4.79 Å². The summed E-state index contributed by atoms with van der Waals surface area (Å²) in [7, 11) is 0. The molecule has 1 aliphatic carbocycles. The minimum absolute atomic E-state index is 0.00243. The molecule has 1 N–H and O–H groups in total. The van der Waals surface area contributed by atoms with Crippen molar-refractivity contribution in [2.24, 2.45) is 0 Å². The molecule has 3 aromatic rings. The number of imidazole rings is 1. The van der Waals surface area contributed by atoms with Gasteiger partial charge in [0, 0.05) is 62.5 Å². The zero-order chi connectivity index (χ0) is 21.8. The first-order valence-electron chi connectivity index (χ1n) is 11.3. The first-order valence-corrected chi connectivity index (χ1v) is 12.3. The second-order valence-corrected chi connectivity index (χ2v) is 9.42. The molecule has 2 aromatic carbocycles. The van der Waals surface area contributed by atoms with Crippen molar-refractivity contribution < 1.29 is 4.79 Å². The standard InChI is InChI=1S/C25H29N5OS/c31-24(19-32-25-26-12-13-30(25)23-10-11-23)27-21-6-8-22(9-7-21)29-16-14-28(15-17-29)18-20-4-2-1-3-5-20/h1-9,12-13,23H,10-11,14-19H2,(H,27,31). The normalized spacial score (nSPS) is 16.8. The Morgan fingerprint density at radius 3 is 2.47 bits per heavy atom. The molecule has 1 amide bonds. The highest BCUT2D eigenvalue weighted by molar-refractivity contribution is 7.99. The van der Waals surface area contributed by atoms with E-state index in [-0.39, 0.29) is 5.91 Å². The maximum absolute atomic E-state index is 12.4. The minimum atomic E-state index is 0.00243. The Hall–Kier alpha value is -2.77. The molecule has 32 heavy (non-hydrogen) atoms. The first kappa shape index (κ1) is 21.1. The number of nitrogens with zero attached hydrogens (tertiary/aromatic N) is 4. The fourth-order valence-corrected chi connectivity index (χ4v) is 4.96. The van der Waals surface area contributed by atoms with Gasteiger partial charge in [-0.2, -0.15) is 0 Å². The number of piperazine rings is 1. The fourth-order valence-electron chi connectivity index (χ4n) is 4.13. The van der Waals surface area contributed by atoms with Gasteiger partial charge in [0.15, 0.2) is 5.16 Å². The van der Waals surface area contributed by atoms with Crippen molar-refractivity contribution in [2.45, 2.75) is 30.6 Å². The molecule has 0 spiro atoms. The van der Waals surface area contributed by atoms with Crippen LogP contribution in [0.3, 0.4) is 0 Å². The van der Waals surface area contributed by atoms with Gasteiger partial charge in [0.25, 0.3) is 0 Å². The summed E-state index contributed by atoms with van der Waals surface area (Å²) in [6, 6.07) is 19.5. The van der Waals surface area contributed by atoms with Crippen LogP contribution in [-0.2, 0) is 11.3 Å². The van der Waals surface area contributed by atoms with Crippen molar-refractivity contribution in [3.05, 3.63) is 72.6 Å². The Morgan fingerprint density at radius 1 is 1.00 bits per heavy atom. The number of anilines is 2. The van der Waals surface area contributed by atoms with E-state index in [1.165, 1.54) is 35.9 Å². The van der Waals surface area contributed by atoms with Crippen molar-refractivity contribution >= 4 is 29.0 Å². The quantitative estimate of drug-likeness (QED) is 0.523. The molecular weight excluding hydrogens is 418 g/mol. The lowest BCUT2D eigenvalue weighted by Crippen LogP contribution is -2.45. The Bertz CT molecular complexity index is 1020. The average Bonchev–Trinajstić information content (AvgIpc) is 3.57. The predicted molar refractivity (Wildman–Crippen MR) is 130 cm³/mol. The summed E-state index contributed by atoms with van der Waals surface area (Å²) in [6.07, 6.45) is 6.26. The van der Waals surface area contributed by atoms with Crippen molar-refractivity contribution in [2.75, 3.05) is 42.1 Å². The minimum Gasteiger partial charge on any atom is -0.369 e. The third-order valence-electron chi connectivity index (χ3n) is 6.04. The Balaban J connectivity index is 1.08. The van der Waals surface area contributed by atoms with E-state index in [1.54, 1.807) is 0 Å². The van der Waals surface area contributed by atoms with Crippen LogP contribution < -0.4 is 10.2 Å². The van der Waals surface area contributed by atoms with E-state index in [1.807, 2.05) is 24.5 Å². The van der Waals surface area contributed by atoms with E-state index in [4.69, 9.17) is 0 Å². The lowest BCUT2D eigenvalue weighted by molar-refractivity contribution is -0.113. The van der Waals surface area contributed by atoms with Gasteiger partial charge in [-0.05, 0) is 42.7 Å². The van der Waals surface area contributed by atoms with Crippen LogP contribution in [0.1, 0.15) is 24.4 Å². The molecule has 0 radical (unpaired) electrons. The maximum atomic E-state index is 12.4. The zero-order valence-corrected chi connectivity index (χ0v) is 19.0. The van der Waals surface area contributed by atoms with Crippen LogP contribution in [0.5, 0.6) is 0 Å². The number of aromatic nitrogens is 2. The SMILES string of the molecule is O=C(CSc1nccn1C1CC1)Nc1ccc(N2CCN(Cc3ccccc3)CC2)cc1. The number of benzene rings is 2. The van der Waals surface area contributed by atoms with Crippen LogP contribution in [-0.4, -0.2) is 52.3 Å². The lowest BCUT2D eigenvalue weighted by Gasteiger charge is -2.36. The molecule has 6 nitrogen and oxygen atoms in total. The molecule has 1 saturated heterocycles. The van der Waals surface area contributed by atoms with Crippen LogP contribution in [0.25, 0.3) is 0 Å². The first-order chi connectivity index (χ1) is 15.7. The highest BCUT2D eigenvalue weighted by atomic mass is 32.2. The molecule has 0 bridgehead atoms. The number of thioether (sulfide) groups is 1. The van der Waals surface area contributed by atoms with E-state index >= 15 is 0 Å². The largest absolute Gasteiger partial charge is 0.369 e. The molecule has 1 aromatic heterocycles. The van der Waals surface area contributed by atoms with Gasteiger partial charge in [-0.1, -0.05) is 42.1 Å². The third kappa shape index (κ3) is 5.34. The second kappa shape index (κ2) is 9.79. The Morgan fingerprint density at radius 2 is 1.75 bits per heavy atom. The summed E-state index contributed by atoms with van der Waals surface area (Å²) in [5, 5.41) is 3.94. The number of carbonyl (C=O) groups is 1. The highest BCUT2D eigenvalue weighted by Crippen LogP contribution is 2.37. The topological polar surface area (TPSA) is 53.4 Å².